The lowest BCUT2D eigenvalue weighted by Crippen LogP contribution is -2.42. The summed E-state index contributed by atoms with van der Waals surface area (Å²) < 4.78 is 7.70. The summed E-state index contributed by atoms with van der Waals surface area (Å²) in [6.07, 6.45) is 4.04. The number of carbonyl (C=O) groups excluding carboxylic acids is 1. The lowest BCUT2D eigenvalue weighted by atomic mass is 9.96. The van der Waals surface area contributed by atoms with Crippen LogP contribution >= 0.6 is 0 Å². The molecule has 0 amide bonds. The van der Waals surface area contributed by atoms with Gasteiger partial charge in [0.25, 0.3) is 5.56 Å². The van der Waals surface area contributed by atoms with Crippen molar-refractivity contribution < 1.29 is 9.53 Å². The van der Waals surface area contributed by atoms with Crippen molar-refractivity contribution in [2.75, 3.05) is 24.6 Å². The Kier molecular flexibility index (Phi) is 5.34. The highest BCUT2D eigenvalue weighted by Crippen LogP contribution is 2.31. The second-order valence-corrected chi connectivity index (χ2v) is 6.93. The molecule has 8 heteroatoms. The van der Waals surface area contributed by atoms with Gasteiger partial charge in [-0.15, -0.1) is 0 Å². The molecule has 1 saturated heterocycles. The average Bonchev–Trinajstić information content (AvgIpc) is 2.69. The Morgan fingerprint density at radius 1 is 1.26 bits per heavy atom. The van der Waals surface area contributed by atoms with Crippen LogP contribution in [0.1, 0.15) is 32.3 Å². The SMILES string of the molecule is CCOC(=O)[C@H]1CCCN(c2c(CC)cnc3c2c(=O)n(C)c(=O)n3C)C1. The number of carbonyl (C=O) groups is 1. The fourth-order valence-corrected chi connectivity index (χ4v) is 3.81. The lowest BCUT2D eigenvalue weighted by Gasteiger charge is -2.35. The summed E-state index contributed by atoms with van der Waals surface area (Å²) in [6.45, 7) is 5.40. The van der Waals surface area contributed by atoms with Gasteiger partial charge >= 0.3 is 11.7 Å². The van der Waals surface area contributed by atoms with Crippen LogP contribution in [0.2, 0.25) is 0 Å². The first-order valence-corrected chi connectivity index (χ1v) is 9.39. The van der Waals surface area contributed by atoms with Gasteiger partial charge in [-0.2, -0.15) is 0 Å². The van der Waals surface area contributed by atoms with Crippen molar-refractivity contribution in [3.05, 3.63) is 32.6 Å². The van der Waals surface area contributed by atoms with Crippen molar-refractivity contribution in [2.24, 2.45) is 20.0 Å². The van der Waals surface area contributed by atoms with Gasteiger partial charge in [0.15, 0.2) is 5.65 Å². The van der Waals surface area contributed by atoms with Crippen molar-refractivity contribution in [1.29, 1.82) is 0 Å². The van der Waals surface area contributed by atoms with Gasteiger partial charge in [0.2, 0.25) is 0 Å². The first kappa shape index (κ1) is 19.1. The maximum absolute atomic E-state index is 12.9. The average molecular weight is 374 g/mol. The molecule has 27 heavy (non-hydrogen) atoms. The third-order valence-corrected chi connectivity index (χ3v) is 5.26. The number of fused-ring (bicyclic) bond motifs is 1. The van der Waals surface area contributed by atoms with Gasteiger partial charge in [0.1, 0.15) is 5.39 Å². The molecule has 8 nitrogen and oxygen atoms in total. The molecule has 1 aliphatic rings. The third-order valence-electron chi connectivity index (χ3n) is 5.26. The minimum Gasteiger partial charge on any atom is -0.466 e. The minimum absolute atomic E-state index is 0.195. The number of anilines is 1. The van der Waals surface area contributed by atoms with Crippen LogP contribution in [-0.2, 0) is 30.0 Å². The molecule has 0 saturated carbocycles. The van der Waals surface area contributed by atoms with Crippen LogP contribution in [0.4, 0.5) is 5.69 Å². The number of ether oxygens (including phenoxy) is 1. The summed E-state index contributed by atoms with van der Waals surface area (Å²) in [7, 11) is 3.09. The molecule has 2 aromatic rings. The molecule has 0 aliphatic carbocycles. The number of esters is 1. The monoisotopic (exact) mass is 374 g/mol. The number of rotatable bonds is 4. The molecule has 3 rings (SSSR count). The number of hydrogen-bond acceptors (Lipinski definition) is 6. The zero-order valence-electron chi connectivity index (χ0n) is 16.3. The minimum atomic E-state index is -0.404. The summed E-state index contributed by atoms with van der Waals surface area (Å²) in [5, 5.41) is 0.434. The Hall–Kier alpha value is -2.64. The number of aromatic nitrogens is 3. The number of piperidine rings is 1. The largest absolute Gasteiger partial charge is 0.466 e. The summed E-state index contributed by atoms with van der Waals surface area (Å²) in [6, 6.07) is 0. The third kappa shape index (κ3) is 3.24. The van der Waals surface area contributed by atoms with Crippen molar-refractivity contribution in [3.8, 4) is 0 Å². The Morgan fingerprint density at radius 3 is 2.67 bits per heavy atom. The van der Waals surface area contributed by atoms with E-state index in [1.54, 1.807) is 20.2 Å². The number of nitrogens with zero attached hydrogens (tertiary/aromatic N) is 4. The van der Waals surface area contributed by atoms with Crippen LogP contribution in [0.15, 0.2) is 15.8 Å². The van der Waals surface area contributed by atoms with Crippen LogP contribution in [-0.4, -0.2) is 39.8 Å². The number of hydrogen-bond donors (Lipinski definition) is 0. The molecule has 0 unspecified atom stereocenters. The van der Waals surface area contributed by atoms with E-state index in [0.717, 1.165) is 35.2 Å². The van der Waals surface area contributed by atoms with E-state index in [2.05, 4.69) is 9.88 Å². The van der Waals surface area contributed by atoms with E-state index in [4.69, 9.17) is 4.74 Å². The molecule has 0 N–H and O–H groups in total. The number of pyridine rings is 1. The van der Waals surface area contributed by atoms with Crippen LogP contribution < -0.4 is 16.1 Å². The van der Waals surface area contributed by atoms with Crippen LogP contribution in [0.3, 0.4) is 0 Å². The molecule has 1 fully saturated rings. The van der Waals surface area contributed by atoms with E-state index >= 15 is 0 Å². The maximum atomic E-state index is 12.9. The van der Waals surface area contributed by atoms with Gasteiger partial charge in [-0.25, -0.2) is 9.78 Å². The molecule has 0 spiro atoms. The van der Waals surface area contributed by atoms with Crippen molar-refractivity contribution in [1.82, 2.24) is 14.1 Å². The maximum Gasteiger partial charge on any atom is 0.332 e. The molecule has 0 aromatic carbocycles. The van der Waals surface area contributed by atoms with E-state index in [1.807, 2.05) is 6.92 Å². The summed E-state index contributed by atoms with van der Waals surface area (Å²) in [4.78, 5) is 43.9. The van der Waals surface area contributed by atoms with Gasteiger partial charge in [0, 0.05) is 33.4 Å². The quantitative estimate of drug-likeness (QED) is 0.742. The summed E-state index contributed by atoms with van der Waals surface area (Å²) in [5.74, 6) is -0.415. The van der Waals surface area contributed by atoms with Crippen molar-refractivity contribution in [2.45, 2.75) is 33.1 Å². The van der Waals surface area contributed by atoms with Gasteiger partial charge in [0.05, 0.1) is 18.2 Å². The predicted octanol–water partition coefficient (Wildman–Crippen LogP) is 0.974. The molecule has 2 aromatic heterocycles. The first-order valence-electron chi connectivity index (χ1n) is 9.39. The normalized spacial score (nSPS) is 17.3. The van der Waals surface area contributed by atoms with Gasteiger partial charge in [-0.3, -0.25) is 18.7 Å². The van der Waals surface area contributed by atoms with Gasteiger partial charge in [-0.1, -0.05) is 6.92 Å². The second-order valence-electron chi connectivity index (χ2n) is 6.93. The van der Waals surface area contributed by atoms with Crippen LogP contribution in [0, 0.1) is 5.92 Å². The molecular weight excluding hydrogens is 348 g/mol. The van der Waals surface area contributed by atoms with Crippen LogP contribution in [0.25, 0.3) is 11.0 Å². The highest BCUT2D eigenvalue weighted by atomic mass is 16.5. The fourth-order valence-electron chi connectivity index (χ4n) is 3.81. The first-order chi connectivity index (χ1) is 12.9. The second kappa shape index (κ2) is 7.54. The van der Waals surface area contributed by atoms with Crippen molar-refractivity contribution >= 4 is 22.7 Å². The van der Waals surface area contributed by atoms with Crippen molar-refractivity contribution in [3.63, 3.8) is 0 Å². The molecule has 1 atom stereocenters. The molecule has 3 heterocycles. The molecule has 0 bridgehead atoms. The zero-order chi connectivity index (χ0) is 19.7. The predicted molar refractivity (Wildman–Crippen MR) is 103 cm³/mol. The van der Waals surface area contributed by atoms with E-state index in [0.29, 0.717) is 30.6 Å². The van der Waals surface area contributed by atoms with E-state index in [1.165, 1.54) is 11.6 Å². The highest BCUT2D eigenvalue weighted by Gasteiger charge is 2.30. The standard InChI is InChI=1S/C19H26N4O4/c1-5-12-10-20-16-14(17(24)22(4)19(26)21(16)3)15(12)23-9-7-8-13(11-23)18(25)27-6-2/h10,13H,5-9,11H2,1-4H3/t13-/m0/s1. The highest BCUT2D eigenvalue weighted by molar-refractivity contribution is 5.91. The summed E-state index contributed by atoms with van der Waals surface area (Å²) in [5.41, 5.74) is 1.33. The fraction of sp³-hybridized carbons (Fsp3) is 0.579. The Morgan fingerprint density at radius 2 is 2.00 bits per heavy atom. The molecular formula is C19H26N4O4. The van der Waals surface area contributed by atoms with Crippen LogP contribution in [0.5, 0.6) is 0 Å². The van der Waals surface area contributed by atoms with Gasteiger partial charge < -0.3 is 9.64 Å². The van der Waals surface area contributed by atoms with E-state index in [-0.39, 0.29) is 17.4 Å². The Bertz CT molecular complexity index is 992. The molecule has 146 valence electrons. The summed E-state index contributed by atoms with van der Waals surface area (Å²) >= 11 is 0. The zero-order valence-corrected chi connectivity index (χ0v) is 16.3. The number of aryl methyl sites for hydroxylation is 2. The van der Waals surface area contributed by atoms with E-state index in [9.17, 15) is 14.4 Å². The molecule has 1 aliphatic heterocycles. The van der Waals surface area contributed by atoms with Gasteiger partial charge in [-0.05, 0) is 31.7 Å². The smallest absolute Gasteiger partial charge is 0.332 e. The lowest BCUT2D eigenvalue weighted by molar-refractivity contribution is -0.148. The topological polar surface area (TPSA) is 86.4 Å². The molecule has 0 radical (unpaired) electrons. The Labute approximate surface area is 157 Å². The van der Waals surface area contributed by atoms with E-state index < -0.39 is 5.69 Å². The Balaban J connectivity index is 2.19.